The molecule has 2 aromatic heterocycles. The highest BCUT2D eigenvalue weighted by molar-refractivity contribution is 14.1. The van der Waals surface area contributed by atoms with Gasteiger partial charge >= 0.3 is 0 Å². The number of hydrogen-bond donors (Lipinski definition) is 1. The van der Waals surface area contributed by atoms with Crippen LogP contribution >= 0.6 is 22.6 Å². The van der Waals surface area contributed by atoms with Crippen LogP contribution in [0.15, 0.2) is 53.8 Å². The van der Waals surface area contributed by atoms with E-state index in [-0.39, 0.29) is 12.1 Å². The number of nitrogens with zero attached hydrogens (tertiary/aromatic N) is 6. The molecule has 4 aromatic rings. The lowest BCUT2D eigenvalue weighted by atomic mass is 9.86. The maximum absolute atomic E-state index is 14.7. The van der Waals surface area contributed by atoms with Crippen molar-refractivity contribution in [3.63, 3.8) is 0 Å². The van der Waals surface area contributed by atoms with Gasteiger partial charge in [0.15, 0.2) is 0 Å². The van der Waals surface area contributed by atoms with E-state index < -0.39 is 28.8 Å². The fraction of sp³-hybridized carbons (Fsp3) is 0.211. The van der Waals surface area contributed by atoms with Crippen LogP contribution < -0.4 is 5.56 Å². The third-order valence-electron chi connectivity index (χ3n) is 4.97. The molecular weight excluding hydrogens is 509 g/mol. The molecule has 0 aliphatic rings. The van der Waals surface area contributed by atoms with Crippen molar-refractivity contribution in [1.82, 2.24) is 29.8 Å². The van der Waals surface area contributed by atoms with Crippen molar-refractivity contribution in [3.8, 4) is 0 Å². The molecular formula is C19H15F2IN6O2. The number of benzene rings is 2. The summed E-state index contributed by atoms with van der Waals surface area (Å²) >= 11 is 2.07. The van der Waals surface area contributed by atoms with E-state index in [0.29, 0.717) is 17.0 Å². The molecule has 0 saturated carbocycles. The highest BCUT2D eigenvalue weighted by atomic mass is 127. The standard InChI is InChI=1S/C19H15F2IN6O2/c1-11(28-18(29)14-7-13(22)3-5-17(14)25-26-28)19(30,8-27-10-23-9-24-27)15-4-2-12(20)6-16(15)21/h2-7,9-11,30H,8H2,1H3. The molecule has 2 heterocycles. The number of hydrogen-bond acceptors (Lipinski definition) is 6. The molecule has 30 heavy (non-hydrogen) atoms. The number of aromatic nitrogens is 6. The van der Waals surface area contributed by atoms with Gasteiger partial charge in [-0.15, -0.1) is 5.10 Å². The van der Waals surface area contributed by atoms with Gasteiger partial charge in [-0.05, 0) is 53.8 Å². The smallest absolute Gasteiger partial charge is 0.278 e. The summed E-state index contributed by atoms with van der Waals surface area (Å²) in [4.78, 5) is 16.9. The minimum Gasteiger partial charge on any atom is -0.381 e. The van der Waals surface area contributed by atoms with Crippen molar-refractivity contribution in [2.45, 2.75) is 25.1 Å². The predicted octanol–water partition coefficient (Wildman–Crippen LogP) is 2.41. The van der Waals surface area contributed by atoms with Gasteiger partial charge in [0.2, 0.25) is 0 Å². The number of aliphatic hydroxyl groups is 1. The van der Waals surface area contributed by atoms with Gasteiger partial charge in [-0.1, -0.05) is 11.3 Å². The van der Waals surface area contributed by atoms with E-state index in [4.69, 9.17) is 0 Å². The summed E-state index contributed by atoms with van der Waals surface area (Å²) in [6, 6.07) is 6.89. The van der Waals surface area contributed by atoms with E-state index >= 15 is 0 Å². The second-order valence-corrected chi connectivity index (χ2v) is 8.06. The second kappa shape index (κ2) is 7.80. The van der Waals surface area contributed by atoms with Crippen molar-refractivity contribution >= 4 is 33.5 Å². The molecule has 2 aromatic carbocycles. The van der Waals surface area contributed by atoms with Crippen LogP contribution in [0.1, 0.15) is 18.5 Å². The Balaban J connectivity index is 1.90. The molecule has 1 N–H and O–H groups in total. The van der Waals surface area contributed by atoms with Crippen molar-refractivity contribution < 1.29 is 13.9 Å². The van der Waals surface area contributed by atoms with Crippen molar-refractivity contribution in [2.24, 2.45) is 0 Å². The maximum Gasteiger partial charge on any atom is 0.278 e. The van der Waals surface area contributed by atoms with Crippen LogP contribution in [0, 0.1) is 15.2 Å². The first-order chi connectivity index (χ1) is 14.3. The SMILES string of the molecule is CC(n1nnc2ccc(I)cc2c1=O)C(O)(Cn1cncn1)c1ccc(F)cc1F. The Morgan fingerprint density at radius 2 is 2.03 bits per heavy atom. The summed E-state index contributed by atoms with van der Waals surface area (Å²) in [5.74, 6) is -1.75. The van der Waals surface area contributed by atoms with E-state index in [1.54, 1.807) is 18.2 Å². The van der Waals surface area contributed by atoms with Crippen LogP contribution in [0.4, 0.5) is 8.78 Å². The average Bonchev–Trinajstić information content (AvgIpc) is 3.21. The minimum absolute atomic E-state index is 0.205. The van der Waals surface area contributed by atoms with Gasteiger partial charge in [0, 0.05) is 15.2 Å². The minimum atomic E-state index is -2.01. The summed E-state index contributed by atoms with van der Waals surface area (Å²) in [7, 11) is 0. The molecule has 0 spiro atoms. The average molecular weight is 524 g/mol. The van der Waals surface area contributed by atoms with E-state index in [9.17, 15) is 18.7 Å². The van der Waals surface area contributed by atoms with Gasteiger partial charge in [0.25, 0.3) is 5.56 Å². The third kappa shape index (κ3) is 3.58. The monoisotopic (exact) mass is 524 g/mol. The summed E-state index contributed by atoms with van der Waals surface area (Å²) < 4.78 is 31.3. The Morgan fingerprint density at radius 3 is 2.73 bits per heavy atom. The Labute approximate surface area is 182 Å². The molecule has 4 rings (SSSR count). The van der Waals surface area contributed by atoms with Crippen LogP contribution in [-0.4, -0.2) is 34.9 Å². The zero-order valence-corrected chi connectivity index (χ0v) is 17.7. The molecule has 0 saturated heterocycles. The molecule has 0 fully saturated rings. The predicted molar refractivity (Wildman–Crippen MR) is 112 cm³/mol. The Hall–Kier alpha value is -2.80. The van der Waals surface area contributed by atoms with Crippen LogP contribution in [0.2, 0.25) is 0 Å². The first kappa shape index (κ1) is 20.5. The van der Waals surface area contributed by atoms with E-state index in [2.05, 4.69) is 43.0 Å². The van der Waals surface area contributed by atoms with Gasteiger partial charge in [-0.2, -0.15) is 5.10 Å². The molecule has 8 nitrogen and oxygen atoms in total. The summed E-state index contributed by atoms with van der Waals surface area (Å²) in [5.41, 5.74) is -2.31. The van der Waals surface area contributed by atoms with Crippen LogP contribution in [-0.2, 0) is 12.1 Å². The number of halogens is 3. The van der Waals surface area contributed by atoms with E-state index in [1.165, 1.54) is 24.3 Å². The first-order valence-electron chi connectivity index (χ1n) is 8.84. The van der Waals surface area contributed by atoms with Gasteiger partial charge in [0.1, 0.15) is 35.4 Å². The van der Waals surface area contributed by atoms with Gasteiger partial charge in [-0.3, -0.25) is 4.79 Å². The van der Waals surface area contributed by atoms with Crippen molar-refractivity contribution in [1.29, 1.82) is 0 Å². The lowest BCUT2D eigenvalue weighted by Crippen LogP contribution is -2.44. The number of rotatable bonds is 5. The fourth-order valence-corrected chi connectivity index (χ4v) is 3.82. The lowest BCUT2D eigenvalue weighted by molar-refractivity contribution is -0.0390. The van der Waals surface area contributed by atoms with Crippen molar-refractivity contribution in [2.75, 3.05) is 0 Å². The molecule has 2 atom stereocenters. The molecule has 2 unspecified atom stereocenters. The molecule has 154 valence electrons. The third-order valence-corrected chi connectivity index (χ3v) is 5.64. The van der Waals surface area contributed by atoms with Crippen molar-refractivity contribution in [3.05, 3.63) is 80.2 Å². The second-order valence-electron chi connectivity index (χ2n) is 6.82. The van der Waals surface area contributed by atoms with E-state index in [1.807, 2.05) is 0 Å². The zero-order chi connectivity index (χ0) is 21.5. The Kier molecular flexibility index (Phi) is 5.32. The normalized spacial score (nSPS) is 14.6. The molecule has 0 amide bonds. The van der Waals surface area contributed by atoms with E-state index in [0.717, 1.165) is 20.4 Å². The Morgan fingerprint density at radius 1 is 1.23 bits per heavy atom. The molecule has 0 bridgehead atoms. The van der Waals surface area contributed by atoms with Gasteiger partial charge < -0.3 is 5.11 Å². The van der Waals surface area contributed by atoms with Crippen LogP contribution in [0.5, 0.6) is 0 Å². The maximum atomic E-state index is 14.7. The molecule has 0 radical (unpaired) electrons. The van der Waals surface area contributed by atoms with Crippen LogP contribution in [0.3, 0.4) is 0 Å². The summed E-state index contributed by atoms with van der Waals surface area (Å²) in [5, 5.41) is 23.9. The zero-order valence-electron chi connectivity index (χ0n) is 15.6. The van der Waals surface area contributed by atoms with Gasteiger partial charge in [0.05, 0.1) is 18.0 Å². The topological polar surface area (TPSA) is 98.7 Å². The largest absolute Gasteiger partial charge is 0.381 e. The molecule has 0 aliphatic heterocycles. The number of fused-ring (bicyclic) bond motifs is 1. The molecule has 11 heteroatoms. The Bertz CT molecular complexity index is 1280. The quantitative estimate of drug-likeness (QED) is 0.403. The van der Waals surface area contributed by atoms with Gasteiger partial charge in [-0.25, -0.2) is 23.1 Å². The summed E-state index contributed by atoms with van der Waals surface area (Å²) in [6.07, 6.45) is 2.60. The molecule has 0 aliphatic carbocycles. The fourth-order valence-electron chi connectivity index (χ4n) is 3.33. The highest BCUT2D eigenvalue weighted by Crippen LogP contribution is 2.35. The highest BCUT2D eigenvalue weighted by Gasteiger charge is 2.41. The first-order valence-corrected chi connectivity index (χ1v) is 9.92. The lowest BCUT2D eigenvalue weighted by Gasteiger charge is -2.34. The summed E-state index contributed by atoms with van der Waals surface area (Å²) in [6.45, 7) is 1.25. The van der Waals surface area contributed by atoms with Crippen LogP contribution in [0.25, 0.3) is 10.9 Å².